The Bertz CT molecular complexity index is 434. The molecule has 2 rings (SSSR count). The maximum Gasteiger partial charge on any atom is 0.276 e. The van der Waals surface area contributed by atoms with Crippen molar-refractivity contribution < 1.29 is 12.8 Å². The molecule has 84 valence electrons. The Morgan fingerprint density at radius 1 is 1.33 bits per heavy atom. The molecule has 1 aromatic heterocycles. The zero-order valence-corrected chi connectivity index (χ0v) is 9.72. The smallest absolute Gasteiger partial charge is 0.276 e. The van der Waals surface area contributed by atoms with Crippen molar-refractivity contribution >= 4 is 21.6 Å². The average molecular weight is 250 g/mol. The van der Waals surface area contributed by atoms with Gasteiger partial charge in [0.15, 0.2) is 0 Å². The summed E-state index contributed by atoms with van der Waals surface area (Å²) < 4.78 is 30.5. The zero-order chi connectivity index (χ0) is 10.9. The molecule has 0 unspecified atom stereocenters. The predicted molar refractivity (Wildman–Crippen MR) is 56.3 cm³/mol. The van der Waals surface area contributed by atoms with Gasteiger partial charge in [0.2, 0.25) is 5.09 Å². The highest BCUT2D eigenvalue weighted by atomic mass is 35.5. The van der Waals surface area contributed by atoms with Crippen LogP contribution in [0.1, 0.15) is 18.6 Å². The highest BCUT2D eigenvalue weighted by molar-refractivity contribution is 7.89. The summed E-state index contributed by atoms with van der Waals surface area (Å²) in [4.78, 5) is 0. The predicted octanol–water partition coefficient (Wildman–Crippen LogP) is 1.80. The molecule has 1 fully saturated rings. The summed E-state index contributed by atoms with van der Waals surface area (Å²) in [6, 6.07) is 3.06. The highest BCUT2D eigenvalue weighted by Crippen LogP contribution is 2.23. The van der Waals surface area contributed by atoms with Crippen molar-refractivity contribution in [2.24, 2.45) is 0 Å². The molecular weight excluding hydrogens is 238 g/mol. The fourth-order valence-electron chi connectivity index (χ4n) is 1.62. The van der Waals surface area contributed by atoms with Crippen LogP contribution in [0.4, 0.5) is 0 Å². The van der Waals surface area contributed by atoms with Crippen LogP contribution < -0.4 is 0 Å². The Kier molecular flexibility index (Phi) is 3.04. The van der Waals surface area contributed by atoms with Gasteiger partial charge in [-0.3, -0.25) is 0 Å². The number of furan rings is 1. The number of sulfonamides is 1. The van der Waals surface area contributed by atoms with E-state index in [0.29, 0.717) is 18.8 Å². The van der Waals surface area contributed by atoms with E-state index in [4.69, 9.17) is 16.0 Å². The maximum atomic E-state index is 12.0. The summed E-state index contributed by atoms with van der Waals surface area (Å²) in [5.41, 5.74) is 0. The van der Waals surface area contributed by atoms with E-state index in [2.05, 4.69) is 0 Å². The van der Waals surface area contributed by atoms with E-state index in [-0.39, 0.29) is 11.0 Å². The molecule has 2 heterocycles. The Labute approximate surface area is 93.9 Å². The highest BCUT2D eigenvalue weighted by Gasteiger charge is 2.29. The maximum absolute atomic E-state index is 12.0. The third-order valence-electron chi connectivity index (χ3n) is 2.43. The molecule has 0 saturated carbocycles. The second-order valence-corrected chi connectivity index (χ2v) is 5.60. The van der Waals surface area contributed by atoms with Crippen molar-refractivity contribution in [2.45, 2.75) is 23.8 Å². The molecule has 0 bridgehead atoms. The minimum absolute atomic E-state index is 0.0000463. The molecule has 6 heteroatoms. The van der Waals surface area contributed by atoms with Crippen LogP contribution >= 0.6 is 11.6 Å². The summed E-state index contributed by atoms with van der Waals surface area (Å²) in [6.07, 6.45) is 1.84. The van der Waals surface area contributed by atoms with E-state index in [9.17, 15) is 8.42 Å². The molecule has 4 nitrogen and oxygen atoms in total. The molecule has 0 N–H and O–H groups in total. The minimum atomic E-state index is -3.42. The monoisotopic (exact) mass is 249 g/mol. The number of rotatable bonds is 3. The number of hydrogen-bond acceptors (Lipinski definition) is 3. The molecule has 0 aliphatic carbocycles. The molecule has 1 aromatic rings. The van der Waals surface area contributed by atoms with Gasteiger partial charge < -0.3 is 4.42 Å². The molecule has 1 saturated heterocycles. The zero-order valence-electron chi connectivity index (χ0n) is 8.15. The van der Waals surface area contributed by atoms with Gasteiger partial charge in [0.05, 0.1) is 5.88 Å². The van der Waals surface area contributed by atoms with Crippen LogP contribution in [0.15, 0.2) is 21.6 Å². The lowest BCUT2D eigenvalue weighted by atomic mass is 10.4. The van der Waals surface area contributed by atoms with E-state index < -0.39 is 10.0 Å². The van der Waals surface area contributed by atoms with Gasteiger partial charge in [-0.2, -0.15) is 4.31 Å². The van der Waals surface area contributed by atoms with E-state index in [1.54, 1.807) is 6.07 Å². The fraction of sp³-hybridized carbons (Fsp3) is 0.556. The Balaban J connectivity index is 2.28. The normalized spacial score (nSPS) is 18.5. The molecule has 0 atom stereocenters. The molecule has 1 aliphatic heterocycles. The molecule has 1 aliphatic rings. The molecular formula is C9H12ClNO3S. The number of hydrogen-bond donors (Lipinski definition) is 0. The van der Waals surface area contributed by atoms with Gasteiger partial charge in [-0.15, -0.1) is 11.6 Å². The second-order valence-electron chi connectivity index (χ2n) is 3.47. The van der Waals surface area contributed by atoms with Gasteiger partial charge in [0.25, 0.3) is 10.0 Å². The molecule has 0 radical (unpaired) electrons. The van der Waals surface area contributed by atoms with E-state index >= 15 is 0 Å². The van der Waals surface area contributed by atoms with Gasteiger partial charge in [0.1, 0.15) is 5.76 Å². The second kappa shape index (κ2) is 4.15. The summed E-state index contributed by atoms with van der Waals surface area (Å²) in [6.45, 7) is 1.17. The summed E-state index contributed by atoms with van der Waals surface area (Å²) in [7, 11) is -3.42. The van der Waals surface area contributed by atoms with Crippen molar-refractivity contribution in [3.8, 4) is 0 Å². The SMILES string of the molecule is O=S(=O)(c1ccc(CCl)o1)N1CCCC1. The Morgan fingerprint density at radius 3 is 2.53 bits per heavy atom. The van der Waals surface area contributed by atoms with Crippen molar-refractivity contribution in [3.63, 3.8) is 0 Å². The van der Waals surface area contributed by atoms with Gasteiger partial charge >= 0.3 is 0 Å². The van der Waals surface area contributed by atoms with Gasteiger partial charge in [-0.25, -0.2) is 8.42 Å². The molecule has 15 heavy (non-hydrogen) atoms. The number of alkyl halides is 1. The molecule has 0 amide bonds. The third-order valence-corrected chi connectivity index (χ3v) is 4.46. The summed E-state index contributed by atoms with van der Waals surface area (Å²) >= 11 is 5.55. The first kappa shape index (κ1) is 11.0. The van der Waals surface area contributed by atoms with Crippen molar-refractivity contribution in [1.82, 2.24) is 4.31 Å². The van der Waals surface area contributed by atoms with Gasteiger partial charge in [0, 0.05) is 13.1 Å². The summed E-state index contributed by atoms with van der Waals surface area (Å²) in [5, 5.41) is 0.0000463. The van der Waals surface area contributed by atoms with Gasteiger partial charge in [-0.1, -0.05) is 0 Å². The standard InChI is InChI=1S/C9H12ClNO3S/c10-7-8-3-4-9(14-8)15(12,13)11-5-1-2-6-11/h3-4H,1-2,5-7H2. The van der Waals surface area contributed by atoms with Crippen molar-refractivity contribution in [3.05, 3.63) is 17.9 Å². The molecule has 0 spiro atoms. The van der Waals surface area contributed by atoms with Crippen LogP contribution in [-0.4, -0.2) is 25.8 Å². The van der Waals surface area contributed by atoms with E-state index in [1.807, 2.05) is 0 Å². The van der Waals surface area contributed by atoms with Crippen LogP contribution in [-0.2, 0) is 15.9 Å². The average Bonchev–Trinajstić information content (AvgIpc) is 2.89. The fourth-order valence-corrected chi connectivity index (χ4v) is 3.21. The van der Waals surface area contributed by atoms with Gasteiger partial charge in [-0.05, 0) is 25.0 Å². The van der Waals surface area contributed by atoms with Crippen LogP contribution in [0, 0.1) is 0 Å². The van der Waals surface area contributed by atoms with Crippen LogP contribution in [0.25, 0.3) is 0 Å². The first-order valence-electron chi connectivity index (χ1n) is 4.79. The quantitative estimate of drug-likeness (QED) is 0.768. The lowest BCUT2D eigenvalue weighted by Gasteiger charge is -2.12. The third kappa shape index (κ3) is 2.04. The van der Waals surface area contributed by atoms with Crippen LogP contribution in [0.2, 0.25) is 0 Å². The number of nitrogens with zero attached hydrogens (tertiary/aromatic N) is 1. The van der Waals surface area contributed by atoms with Crippen LogP contribution in [0.3, 0.4) is 0 Å². The largest absolute Gasteiger partial charge is 0.447 e. The first-order chi connectivity index (χ1) is 7.14. The lowest BCUT2D eigenvalue weighted by molar-refractivity contribution is 0.396. The van der Waals surface area contributed by atoms with Crippen molar-refractivity contribution in [2.75, 3.05) is 13.1 Å². The Morgan fingerprint density at radius 2 is 2.00 bits per heavy atom. The topological polar surface area (TPSA) is 50.5 Å². The lowest BCUT2D eigenvalue weighted by Crippen LogP contribution is -2.27. The first-order valence-corrected chi connectivity index (χ1v) is 6.77. The molecule has 0 aromatic carbocycles. The number of halogens is 1. The van der Waals surface area contributed by atoms with E-state index in [0.717, 1.165) is 12.8 Å². The van der Waals surface area contributed by atoms with Crippen LogP contribution in [0.5, 0.6) is 0 Å². The summed E-state index contributed by atoms with van der Waals surface area (Å²) in [5.74, 6) is 0.671. The minimum Gasteiger partial charge on any atom is -0.447 e. The van der Waals surface area contributed by atoms with Crippen molar-refractivity contribution in [1.29, 1.82) is 0 Å². The Hall–Kier alpha value is -0.520. The van der Waals surface area contributed by atoms with E-state index in [1.165, 1.54) is 10.4 Å².